The third kappa shape index (κ3) is 3.63. The average molecular weight is 323 g/mol. The lowest BCUT2D eigenvalue weighted by Gasteiger charge is -2.14. The van der Waals surface area contributed by atoms with E-state index >= 15 is 0 Å². The number of nitrogens with zero attached hydrogens (tertiary/aromatic N) is 2. The highest BCUT2D eigenvalue weighted by Crippen LogP contribution is 2.20. The first kappa shape index (κ1) is 16.2. The molecule has 124 valence electrons. The van der Waals surface area contributed by atoms with E-state index in [2.05, 4.69) is 10.4 Å². The summed E-state index contributed by atoms with van der Waals surface area (Å²) in [5.74, 6) is -0.129. The number of nitrogens with one attached hydrogen (secondary N) is 1. The van der Waals surface area contributed by atoms with Crippen molar-refractivity contribution in [2.45, 2.75) is 26.5 Å². The summed E-state index contributed by atoms with van der Waals surface area (Å²) in [6, 6.07) is 15.0. The number of hydrazone groups is 1. The first-order valence-corrected chi connectivity index (χ1v) is 8.05. The van der Waals surface area contributed by atoms with Crippen molar-refractivity contribution in [3.63, 3.8) is 0 Å². The average Bonchev–Trinajstić information content (AvgIpc) is 3.06. The number of aliphatic hydroxyl groups excluding tert-OH is 1. The molecule has 0 aliphatic carbocycles. The van der Waals surface area contributed by atoms with Gasteiger partial charge in [0.2, 0.25) is 0 Å². The molecule has 2 N–H and O–H groups in total. The lowest BCUT2D eigenvalue weighted by molar-refractivity contribution is 0.0950. The van der Waals surface area contributed by atoms with Crippen LogP contribution in [0.1, 0.15) is 34.8 Å². The van der Waals surface area contributed by atoms with Gasteiger partial charge in [0.1, 0.15) is 0 Å². The molecule has 0 aromatic heterocycles. The number of anilines is 1. The molecule has 0 fully saturated rings. The van der Waals surface area contributed by atoms with Crippen LogP contribution in [0.15, 0.2) is 53.6 Å². The van der Waals surface area contributed by atoms with E-state index in [0.29, 0.717) is 12.1 Å². The van der Waals surface area contributed by atoms with Crippen LogP contribution in [0, 0.1) is 0 Å². The van der Waals surface area contributed by atoms with Crippen molar-refractivity contribution >= 4 is 17.3 Å². The molecule has 1 aliphatic heterocycles. The molecule has 1 heterocycles. The minimum atomic E-state index is -0.129. The molecule has 0 saturated carbocycles. The van der Waals surface area contributed by atoms with Gasteiger partial charge in [0.15, 0.2) is 0 Å². The number of aliphatic hydroxyl groups is 1. The number of carbonyl (C=O) groups excluding carboxylic acids is 1. The van der Waals surface area contributed by atoms with Crippen molar-refractivity contribution < 1.29 is 9.90 Å². The van der Waals surface area contributed by atoms with Gasteiger partial charge in [0.05, 0.1) is 12.3 Å². The number of carbonyl (C=O) groups is 1. The Morgan fingerprint density at radius 1 is 1.17 bits per heavy atom. The second-order valence-corrected chi connectivity index (χ2v) is 5.86. The van der Waals surface area contributed by atoms with Gasteiger partial charge < -0.3 is 10.4 Å². The molecule has 1 aliphatic rings. The number of rotatable bonds is 5. The monoisotopic (exact) mass is 323 g/mol. The molecule has 0 unspecified atom stereocenters. The minimum Gasteiger partial charge on any atom is -0.392 e. The van der Waals surface area contributed by atoms with Crippen LogP contribution in [0.2, 0.25) is 0 Å². The highest BCUT2D eigenvalue weighted by molar-refractivity contribution is 5.94. The first-order valence-electron chi connectivity index (χ1n) is 8.05. The zero-order valence-electron chi connectivity index (χ0n) is 13.7. The summed E-state index contributed by atoms with van der Waals surface area (Å²) in [6.07, 6.45) is 0.979. The molecule has 24 heavy (non-hydrogen) atoms. The highest BCUT2D eigenvalue weighted by Gasteiger charge is 2.13. The number of benzene rings is 2. The minimum absolute atomic E-state index is 0.0312. The number of hydrogen-bond acceptors (Lipinski definition) is 4. The van der Waals surface area contributed by atoms with Crippen molar-refractivity contribution in [2.24, 2.45) is 5.10 Å². The Morgan fingerprint density at radius 3 is 2.50 bits per heavy atom. The largest absolute Gasteiger partial charge is 0.392 e. The SMILES string of the molecule is CC1=NN(c2ccc(C(=O)NCc3ccccc3CO)cc2)CC1. The highest BCUT2D eigenvalue weighted by atomic mass is 16.3. The van der Waals surface area contributed by atoms with Crippen molar-refractivity contribution in [3.8, 4) is 0 Å². The Hall–Kier alpha value is -2.66. The van der Waals surface area contributed by atoms with Gasteiger partial charge in [0.25, 0.3) is 5.91 Å². The molecule has 0 radical (unpaired) electrons. The van der Waals surface area contributed by atoms with E-state index in [1.807, 2.05) is 60.5 Å². The summed E-state index contributed by atoms with van der Waals surface area (Å²) >= 11 is 0. The molecule has 2 aromatic rings. The maximum Gasteiger partial charge on any atom is 0.251 e. The van der Waals surface area contributed by atoms with Gasteiger partial charge in [-0.3, -0.25) is 9.80 Å². The zero-order valence-corrected chi connectivity index (χ0v) is 13.7. The molecular formula is C19H21N3O2. The number of hydrogen-bond donors (Lipinski definition) is 2. The van der Waals surface area contributed by atoms with E-state index in [0.717, 1.165) is 35.5 Å². The smallest absolute Gasteiger partial charge is 0.251 e. The lowest BCUT2D eigenvalue weighted by Crippen LogP contribution is -2.23. The van der Waals surface area contributed by atoms with Crippen molar-refractivity contribution in [3.05, 3.63) is 65.2 Å². The van der Waals surface area contributed by atoms with Gasteiger partial charge in [0, 0.05) is 30.8 Å². The summed E-state index contributed by atoms with van der Waals surface area (Å²) in [5.41, 5.74) is 4.48. The molecule has 5 heteroatoms. The normalized spacial score (nSPS) is 13.8. The van der Waals surface area contributed by atoms with Crippen molar-refractivity contribution in [1.82, 2.24) is 5.32 Å². The number of amides is 1. The molecule has 0 atom stereocenters. The Bertz CT molecular complexity index is 753. The van der Waals surface area contributed by atoms with Gasteiger partial charge in [-0.15, -0.1) is 0 Å². The van der Waals surface area contributed by atoms with Gasteiger partial charge in [-0.05, 0) is 42.3 Å². The fraction of sp³-hybridized carbons (Fsp3) is 0.263. The Labute approximate surface area is 141 Å². The fourth-order valence-corrected chi connectivity index (χ4v) is 2.71. The quantitative estimate of drug-likeness (QED) is 0.889. The molecule has 2 aromatic carbocycles. The van der Waals surface area contributed by atoms with Crippen LogP contribution in [-0.4, -0.2) is 23.3 Å². The maximum atomic E-state index is 12.3. The zero-order chi connectivity index (χ0) is 16.9. The van der Waals surface area contributed by atoms with E-state index in [1.54, 1.807) is 0 Å². The second-order valence-electron chi connectivity index (χ2n) is 5.86. The summed E-state index contributed by atoms with van der Waals surface area (Å²) in [6.45, 7) is 3.27. The van der Waals surface area contributed by atoms with Crippen LogP contribution >= 0.6 is 0 Å². The van der Waals surface area contributed by atoms with Gasteiger partial charge in [-0.25, -0.2) is 0 Å². The van der Waals surface area contributed by atoms with E-state index in [4.69, 9.17) is 0 Å². The van der Waals surface area contributed by atoms with E-state index < -0.39 is 0 Å². The molecule has 0 bridgehead atoms. The van der Waals surface area contributed by atoms with E-state index in [-0.39, 0.29) is 12.5 Å². The summed E-state index contributed by atoms with van der Waals surface area (Å²) < 4.78 is 0. The Balaban J connectivity index is 1.63. The van der Waals surface area contributed by atoms with Gasteiger partial charge in [-0.2, -0.15) is 5.10 Å². The van der Waals surface area contributed by atoms with E-state index in [1.165, 1.54) is 0 Å². The third-order valence-corrected chi connectivity index (χ3v) is 4.13. The summed E-state index contributed by atoms with van der Waals surface area (Å²) in [4.78, 5) is 12.3. The standard InChI is InChI=1S/C19H21N3O2/c1-14-10-11-22(21-14)18-8-6-15(7-9-18)19(24)20-12-16-4-2-3-5-17(16)13-23/h2-9,23H,10-13H2,1H3,(H,20,24). The molecule has 0 spiro atoms. The molecule has 5 nitrogen and oxygen atoms in total. The first-order chi connectivity index (χ1) is 11.7. The van der Waals surface area contributed by atoms with Gasteiger partial charge in [-0.1, -0.05) is 24.3 Å². The molecule has 1 amide bonds. The van der Waals surface area contributed by atoms with Crippen LogP contribution in [-0.2, 0) is 13.2 Å². The van der Waals surface area contributed by atoms with Crippen LogP contribution in [0.4, 0.5) is 5.69 Å². The van der Waals surface area contributed by atoms with Crippen molar-refractivity contribution in [1.29, 1.82) is 0 Å². The van der Waals surface area contributed by atoms with Crippen LogP contribution < -0.4 is 10.3 Å². The lowest BCUT2D eigenvalue weighted by atomic mass is 10.1. The van der Waals surface area contributed by atoms with Crippen LogP contribution in [0.3, 0.4) is 0 Å². The predicted molar refractivity (Wildman–Crippen MR) is 95.0 cm³/mol. The maximum absolute atomic E-state index is 12.3. The third-order valence-electron chi connectivity index (χ3n) is 4.13. The molecule has 0 saturated heterocycles. The van der Waals surface area contributed by atoms with Crippen molar-refractivity contribution in [2.75, 3.05) is 11.6 Å². The molecule has 3 rings (SSSR count). The Kier molecular flexibility index (Phi) is 4.91. The molecular weight excluding hydrogens is 302 g/mol. The van der Waals surface area contributed by atoms with Crippen LogP contribution in [0.5, 0.6) is 0 Å². The summed E-state index contributed by atoms with van der Waals surface area (Å²) in [7, 11) is 0. The van der Waals surface area contributed by atoms with E-state index in [9.17, 15) is 9.90 Å². The van der Waals surface area contributed by atoms with Gasteiger partial charge >= 0.3 is 0 Å². The topological polar surface area (TPSA) is 64.9 Å². The van der Waals surface area contributed by atoms with Crippen LogP contribution in [0.25, 0.3) is 0 Å². The second kappa shape index (κ2) is 7.27. The summed E-state index contributed by atoms with van der Waals surface area (Å²) in [5, 5.41) is 18.6. The Morgan fingerprint density at radius 2 is 1.88 bits per heavy atom. The fourth-order valence-electron chi connectivity index (χ4n) is 2.71. The predicted octanol–water partition coefficient (Wildman–Crippen LogP) is 2.69.